The predicted molar refractivity (Wildman–Crippen MR) is 75.5 cm³/mol. The lowest BCUT2D eigenvalue weighted by molar-refractivity contribution is -0.129. The van der Waals surface area contributed by atoms with Crippen LogP contribution in [0.15, 0.2) is 36.2 Å². The number of hydrogen-bond donors (Lipinski definition) is 3. The molecule has 0 aliphatic carbocycles. The molecule has 1 aliphatic heterocycles. The molecule has 2 amide bonds. The monoisotopic (exact) mass is 290 g/mol. The number of nitrogens with two attached hydrogens (primary N) is 2. The van der Waals surface area contributed by atoms with Crippen LogP contribution in [0.25, 0.3) is 0 Å². The topological polar surface area (TPSA) is 120 Å². The van der Waals surface area contributed by atoms with E-state index >= 15 is 0 Å². The second kappa shape index (κ2) is 5.53. The number of amides is 2. The Morgan fingerprint density at radius 2 is 2.14 bits per heavy atom. The van der Waals surface area contributed by atoms with Crippen molar-refractivity contribution < 1.29 is 14.3 Å². The Kier molecular flexibility index (Phi) is 3.95. The molecule has 2 rings (SSSR count). The lowest BCUT2D eigenvalue weighted by Crippen LogP contribution is -2.57. The molecule has 0 aromatic carbocycles. The molecule has 1 aliphatic rings. The van der Waals surface area contributed by atoms with E-state index in [1.165, 1.54) is 6.08 Å². The minimum atomic E-state index is -1.23. The summed E-state index contributed by atoms with van der Waals surface area (Å²) in [6.07, 6.45) is 2.04. The van der Waals surface area contributed by atoms with Gasteiger partial charge >= 0.3 is 0 Å². The minimum Gasteiger partial charge on any atom is -0.368 e. The zero-order valence-electron chi connectivity index (χ0n) is 11.9. The van der Waals surface area contributed by atoms with Crippen molar-refractivity contribution in [2.45, 2.75) is 31.6 Å². The maximum absolute atomic E-state index is 11.7. The Morgan fingerprint density at radius 3 is 2.67 bits per heavy atom. The van der Waals surface area contributed by atoms with Gasteiger partial charge in [-0.1, -0.05) is 6.07 Å². The molecule has 7 heteroatoms. The van der Waals surface area contributed by atoms with E-state index in [0.717, 1.165) is 0 Å². The van der Waals surface area contributed by atoms with E-state index in [9.17, 15) is 9.59 Å². The molecule has 3 unspecified atom stereocenters. The summed E-state index contributed by atoms with van der Waals surface area (Å²) in [6.45, 7) is 3.37. The van der Waals surface area contributed by atoms with Gasteiger partial charge in [-0.25, -0.2) is 0 Å². The molecule has 3 atom stereocenters. The molecule has 0 fully saturated rings. The zero-order chi connectivity index (χ0) is 15.6. The third-order valence-electron chi connectivity index (χ3n) is 3.51. The lowest BCUT2D eigenvalue weighted by Gasteiger charge is -2.30. The molecule has 0 radical (unpaired) electrons. The Hall–Kier alpha value is -2.41. The van der Waals surface area contributed by atoms with Crippen LogP contribution in [0, 0.1) is 0 Å². The van der Waals surface area contributed by atoms with Gasteiger partial charge in [0.2, 0.25) is 5.91 Å². The van der Waals surface area contributed by atoms with Crippen molar-refractivity contribution in [3.05, 3.63) is 41.9 Å². The molecule has 5 N–H and O–H groups in total. The summed E-state index contributed by atoms with van der Waals surface area (Å²) in [4.78, 5) is 27.2. The van der Waals surface area contributed by atoms with Gasteiger partial charge in [0.15, 0.2) is 0 Å². The summed E-state index contributed by atoms with van der Waals surface area (Å²) >= 11 is 0. The summed E-state index contributed by atoms with van der Waals surface area (Å²) in [7, 11) is 0. The number of nitrogens with one attached hydrogen (secondary N) is 1. The molecule has 0 spiro atoms. The number of carbonyl (C=O) groups is 2. The van der Waals surface area contributed by atoms with Gasteiger partial charge in [0.1, 0.15) is 11.6 Å². The van der Waals surface area contributed by atoms with Gasteiger partial charge in [0.05, 0.1) is 17.5 Å². The fourth-order valence-corrected chi connectivity index (χ4v) is 2.14. The summed E-state index contributed by atoms with van der Waals surface area (Å²) in [5, 5.41) is 2.74. The standard InChI is InChI=1S/C14H18N4O3/c1-8(9-5-3-4-6-17-9)21-11-7-10(12(15)19)18-14(11,2)13(16)20/h3-8,11,18H,1-2H3,(H2,15,19)(H2,16,20). The highest BCUT2D eigenvalue weighted by molar-refractivity contribution is 5.96. The first kappa shape index (κ1) is 15.0. The normalized spacial score (nSPS) is 25.8. The molecule has 0 bridgehead atoms. The van der Waals surface area contributed by atoms with Crippen LogP contribution in [0.1, 0.15) is 25.6 Å². The summed E-state index contributed by atoms with van der Waals surface area (Å²) in [6, 6.07) is 5.45. The Morgan fingerprint density at radius 1 is 1.43 bits per heavy atom. The number of pyridine rings is 1. The van der Waals surface area contributed by atoms with Crippen LogP contribution < -0.4 is 16.8 Å². The molecule has 1 aromatic rings. The van der Waals surface area contributed by atoms with Gasteiger partial charge in [-0.15, -0.1) is 0 Å². The number of primary amides is 2. The maximum atomic E-state index is 11.7. The second-order valence-corrected chi connectivity index (χ2v) is 5.09. The van der Waals surface area contributed by atoms with Crippen LogP contribution in [-0.4, -0.2) is 28.4 Å². The van der Waals surface area contributed by atoms with Crippen molar-refractivity contribution >= 4 is 11.8 Å². The second-order valence-electron chi connectivity index (χ2n) is 5.09. The summed E-state index contributed by atoms with van der Waals surface area (Å²) in [5.41, 5.74) is 10.3. The van der Waals surface area contributed by atoms with Crippen LogP contribution >= 0.6 is 0 Å². The molecule has 21 heavy (non-hydrogen) atoms. The fourth-order valence-electron chi connectivity index (χ4n) is 2.14. The number of rotatable bonds is 5. The van der Waals surface area contributed by atoms with Gasteiger partial charge in [0, 0.05) is 6.20 Å². The van der Waals surface area contributed by atoms with Crippen molar-refractivity contribution in [2.24, 2.45) is 11.5 Å². The van der Waals surface area contributed by atoms with Gasteiger partial charge in [0.25, 0.3) is 5.91 Å². The van der Waals surface area contributed by atoms with Crippen LogP contribution in [0.3, 0.4) is 0 Å². The van der Waals surface area contributed by atoms with Crippen molar-refractivity contribution in [1.82, 2.24) is 10.3 Å². The summed E-state index contributed by atoms with van der Waals surface area (Å²) in [5.74, 6) is -1.30. The van der Waals surface area contributed by atoms with Crippen LogP contribution in [-0.2, 0) is 14.3 Å². The Balaban J connectivity index is 2.23. The predicted octanol–water partition coefficient (Wildman–Crippen LogP) is -0.256. The van der Waals surface area contributed by atoms with Crippen LogP contribution in [0.4, 0.5) is 0 Å². The molecule has 2 heterocycles. The van der Waals surface area contributed by atoms with Crippen molar-refractivity contribution in [2.75, 3.05) is 0 Å². The van der Waals surface area contributed by atoms with Gasteiger partial charge in [-0.05, 0) is 32.1 Å². The molecular weight excluding hydrogens is 272 g/mol. The lowest BCUT2D eigenvalue weighted by atomic mass is 9.96. The molecule has 0 saturated heterocycles. The SMILES string of the molecule is CC(OC1C=C(C(N)=O)NC1(C)C(N)=O)c1ccccn1. The molecule has 112 valence electrons. The fraction of sp³-hybridized carbons (Fsp3) is 0.357. The van der Waals surface area contributed by atoms with E-state index in [4.69, 9.17) is 16.2 Å². The third kappa shape index (κ3) is 2.87. The van der Waals surface area contributed by atoms with Gasteiger partial charge in [-0.2, -0.15) is 0 Å². The number of carbonyl (C=O) groups excluding carboxylic acids is 2. The zero-order valence-corrected chi connectivity index (χ0v) is 11.9. The van der Waals surface area contributed by atoms with Gasteiger partial charge < -0.3 is 21.5 Å². The average Bonchev–Trinajstić information content (AvgIpc) is 2.79. The summed E-state index contributed by atoms with van der Waals surface area (Å²) < 4.78 is 5.84. The molecule has 1 aromatic heterocycles. The first-order chi connectivity index (χ1) is 9.84. The highest BCUT2D eigenvalue weighted by Gasteiger charge is 2.46. The highest BCUT2D eigenvalue weighted by atomic mass is 16.5. The van der Waals surface area contributed by atoms with E-state index in [0.29, 0.717) is 5.69 Å². The Bertz CT molecular complexity index is 587. The highest BCUT2D eigenvalue weighted by Crippen LogP contribution is 2.28. The first-order valence-corrected chi connectivity index (χ1v) is 6.50. The number of hydrogen-bond acceptors (Lipinski definition) is 5. The average molecular weight is 290 g/mol. The molecular formula is C14H18N4O3. The van der Waals surface area contributed by atoms with E-state index < -0.39 is 23.5 Å². The smallest absolute Gasteiger partial charge is 0.264 e. The molecule has 0 saturated carbocycles. The van der Waals surface area contributed by atoms with Crippen LogP contribution in [0.2, 0.25) is 0 Å². The van der Waals surface area contributed by atoms with E-state index in [1.54, 1.807) is 26.1 Å². The van der Waals surface area contributed by atoms with E-state index in [2.05, 4.69) is 10.3 Å². The Labute approximate surface area is 122 Å². The number of nitrogens with zero attached hydrogens (tertiary/aromatic N) is 1. The van der Waals surface area contributed by atoms with Crippen LogP contribution in [0.5, 0.6) is 0 Å². The van der Waals surface area contributed by atoms with Crippen molar-refractivity contribution in [3.8, 4) is 0 Å². The number of aromatic nitrogens is 1. The van der Waals surface area contributed by atoms with E-state index in [1.807, 2.05) is 12.1 Å². The van der Waals surface area contributed by atoms with Crippen molar-refractivity contribution in [1.29, 1.82) is 0 Å². The number of ether oxygens (including phenoxy) is 1. The first-order valence-electron chi connectivity index (χ1n) is 6.50. The molecule has 7 nitrogen and oxygen atoms in total. The third-order valence-corrected chi connectivity index (χ3v) is 3.51. The van der Waals surface area contributed by atoms with Gasteiger partial charge in [-0.3, -0.25) is 14.6 Å². The maximum Gasteiger partial charge on any atom is 0.264 e. The van der Waals surface area contributed by atoms with E-state index in [-0.39, 0.29) is 11.8 Å². The quantitative estimate of drug-likeness (QED) is 0.690. The minimum absolute atomic E-state index is 0.120. The van der Waals surface area contributed by atoms with Crippen molar-refractivity contribution in [3.63, 3.8) is 0 Å². The largest absolute Gasteiger partial charge is 0.368 e.